The van der Waals surface area contributed by atoms with Crippen molar-refractivity contribution < 1.29 is 14.7 Å². The van der Waals surface area contributed by atoms with E-state index in [4.69, 9.17) is 10.8 Å². The topological polar surface area (TPSA) is 145 Å². The van der Waals surface area contributed by atoms with E-state index in [0.717, 1.165) is 10.4 Å². The molecule has 0 radical (unpaired) electrons. The van der Waals surface area contributed by atoms with Crippen LogP contribution in [0.25, 0.3) is 11.0 Å². The van der Waals surface area contributed by atoms with E-state index in [2.05, 4.69) is 15.0 Å². The minimum atomic E-state index is -1.08. The number of H-pyrrole nitrogens is 2. The van der Waals surface area contributed by atoms with Crippen molar-refractivity contribution in [1.82, 2.24) is 15.0 Å². The molecular formula is C19H17N5O4S2. The first-order valence-corrected chi connectivity index (χ1v) is 10.6. The molecular weight excluding hydrogens is 426 g/mol. The van der Waals surface area contributed by atoms with Gasteiger partial charge in [-0.25, -0.2) is 0 Å². The standard InChI is InChI=1S/C19H17N5O4S2/c20-19-22-16-15(17(27)23-19)10(8-21-16)3-4-11-5-6-12(30-11)18(28)24(9-14(25)26)13-2-1-7-29-13/h1-2,5-8H,3-4,9H2,(H,25,26)(H4,20,21,22,23,27). The van der Waals surface area contributed by atoms with Crippen LogP contribution >= 0.6 is 22.7 Å². The van der Waals surface area contributed by atoms with Crippen LogP contribution in [0.2, 0.25) is 0 Å². The second-order valence-corrected chi connectivity index (χ2v) is 8.59. The molecule has 5 N–H and O–H groups in total. The number of carboxylic acid groups (broad SMARTS) is 1. The van der Waals surface area contributed by atoms with E-state index in [1.807, 2.05) is 6.07 Å². The molecule has 0 unspecified atom stereocenters. The summed E-state index contributed by atoms with van der Waals surface area (Å²) in [5.41, 5.74) is 6.52. The Morgan fingerprint density at radius 3 is 2.80 bits per heavy atom. The van der Waals surface area contributed by atoms with E-state index in [0.29, 0.717) is 33.8 Å². The summed E-state index contributed by atoms with van der Waals surface area (Å²) in [5.74, 6) is -1.37. The SMILES string of the molecule is Nc1nc2[nH]cc(CCc3ccc(C(=O)N(CC(=O)O)c4cccs4)s3)c2c(=O)[nH]1. The van der Waals surface area contributed by atoms with Gasteiger partial charge in [0, 0.05) is 11.1 Å². The smallest absolute Gasteiger partial charge is 0.323 e. The molecule has 0 aliphatic carbocycles. The molecule has 4 aromatic heterocycles. The number of aromatic nitrogens is 3. The maximum atomic E-state index is 12.9. The number of thiophene rings is 2. The molecule has 11 heteroatoms. The number of hydrogen-bond acceptors (Lipinski definition) is 7. The normalized spacial score (nSPS) is 11.1. The van der Waals surface area contributed by atoms with Gasteiger partial charge in [0.05, 0.1) is 15.3 Å². The van der Waals surface area contributed by atoms with E-state index < -0.39 is 12.5 Å². The highest BCUT2D eigenvalue weighted by Crippen LogP contribution is 2.27. The average Bonchev–Trinajstić information content (AvgIpc) is 3.44. The van der Waals surface area contributed by atoms with Crippen molar-refractivity contribution in [2.24, 2.45) is 0 Å². The Morgan fingerprint density at radius 1 is 1.23 bits per heavy atom. The molecule has 0 atom stereocenters. The number of nitrogens with one attached hydrogen (secondary N) is 2. The van der Waals surface area contributed by atoms with Crippen LogP contribution in [-0.2, 0) is 17.6 Å². The molecule has 30 heavy (non-hydrogen) atoms. The molecule has 0 aliphatic heterocycles. The van der Waals surface area contributed by atoms with Crippen LogP contribution in [-0.4, -0.2) is 38.5 Å². The summed E-state index contributed by atoms with van der Waals surface area (Å²) in [6.45, 7) is -0.402. The zero-order chi connectivity index (χ0) is 21.3. The predicted octanol–water partition coefficient (Wildman–Crippen LogP) is 2.47. The Bertz CT molecular complexity index is 1270. The summed E-state index contributed by atoms with van der Waals surface area (Å²) >= 11 is 2.63. The number of carboxylic acids is 1. The van der Waals surface area contributed by atoms with Crippen LogP contribution in [0.1, 0.15) is 20.1 Å². The lowest BCUT2D eigenvalue weighted by molar-refractivity contribution is -0.135. The molecule has 1 amide bonds. The van der Waals surface area contributed by atoms with Crippen molar-refractivity contribution in [3.63, 3.8) is 0 Å². The van der Waals surface area contributed by atoms with Gasteiger partial charge in [0.15, 0.2) is 0 Å². The Morgan fingerprint density at radius 2 is 2.07 bits per heavy atom. The molecule has 0 fully saturated rings. The third-order valence-electron chi connectivity index (χ3n) is 4.47. The molecule has 0 saturated carbocycles. The van der Waals surface area contributed by atoms with Crippen molar-refractivity contribution in [3.8, 4) is 0 Å². The molecule has 0 bridgehead atoms. The number of nitrogens with zero attached hydrogens (tertiary/aromatic N) is 2. The van der Waals surface area contributed by atoms with E-state index in [9.17, 15) is 14.4 Å². The Balaban J connectivity index is 1.51. The quantitative estimate of drug-likeness (QED) is 0.345. The molecule has 4 aromatic rings. The fourth-order valence-corrected chi connectivity index (χ4v) is 4.83. The van der Waals surface area contributed by atoms with Gasteiger partial charge < -0.3 is 15.8 Å². The largest absolute Gasteiger partial charge is 0.480 e. The molecule has 0 aliphatic rings. The molecule has 0 spiro atoms. The summed E-state index contributed by atoms with van der Waals surface area (Å²) in [4.78, 5) is 48.5. The number of hydrogen-bond donors (Lipinski definition) is 4. The fraction of sp³-hybridized carbons (Fsp3) is 0.158. The van der Waals surface area contributed by atoms with Crippen molar-refractivity contribution >= 4 is 56.5 Å². The van der Waals surface area contributed by atoms with Gasteiger partial charge in [-0.05, 0) is 48.1 Å². The lowest BCUT2D eigenvalue weighted by Crippen LogP contribution is -2.34. The van der Waals surface area contributed by atoms with E-state index in [1.54, 1.807) is 29.8 Å². The van der Waals surface area contributed by atoms with Crippen LogP contribution < -0.4 is 16.2 Å². The number of anilines is 2. The van der Waals surface area contributed by atoms with E-state index in [-0.39, 0.29) is 17.4 Å². The minimum absolute atomic E-state index is 0.0546. The van der Waals surface area contributed by atoms with Gasteiger partial charge in [-0.3, -0.25) is 24.3 Å². The number of aromatic amines is 2. The van der Waals surface area contributed by atoms with Gasteiger partial charge >= 0.3 is 5.97 Å². The highest BCUT2D eigenvalue weighted by Gasteiger charge is 2.23. The summed E-state index contributed by atoms with van der Waals surface area (Å²) in [6, 6.07) is 7.04. The number of nitrogens with two attached hydrogens (primary N) is 1. The monoisotopic (exact) mass is 443 g/mol. The Labute approximate surface area is 177 Å². The van der Waals surface area contributed by atoms with Crippen LogP contribution in [0.15, 0.2) is 40.6 Å². The number of aliphatic carboxylic acids is 1. The summed E-state index contributed by atoms with van der Waals surface area (Å²) in [7, 11) is 0. The molecule has 154 valence electrons. The first-order chi connectivity index (χ1) is 14.4. The van der Waals surface area contributed by atoms with Gasteiger partial charge in [0.1, 0.15) is 12.2 Å². The third-order valence-corrected chi connectivity index (χ3v) is 6.49. The zero-order valence-electron chi connectivity index (χ0n) is 15.5. The molecule has 0 aromatic carbocycles. The van der Waals surface area contributed by atoms with E-state index >= 15 is 0 Å². The first-order valence-electron chi connectivity index (χ1n) is 8.94. The Hall–Kier alpha value is -3.44. The van der Waals surface area contributed by atoms with Gasteiger partial charge in [0.25, 0.3) is 11.5 Å². The van der Waals surface area contributed by atoms with Crippen LogP contribution in [0.3, 0.4) is 0 Å². The number of fused-ring (bicyclic) bond motifs is 1. The van der Waals surface area contributed by atoms with Gasteiger partial charge in [0.2, 0.25) is 5.95 Å². The van der Waals surface area contributed by atoms with Crippen molar-refractivity contribution in [2.75, 3.05) is 17.2 Å². The number of amides is 1. The first kappa shape index (κ1) is 19.9. The second kappa shape index (κ2) is 8.13. The minimum Gasteiger partial charge on any atom is -0.480 e. The Kier molecular flexibility index (Phi) is 5.38. The van der Waals surface area contributed by atoms with Crippen molar-refractivity contribution in [1.29, 1.82) is 0 Å². The lowest BCUT2D eigenvalue weighted by atomic mass is 10.1. The highest BCUT2D eigenvalue weighted by molar-refractivity contribution is 7.15. The number of carbonyl (C=O) groups is 2. The maximum absolute atomic E-state index is 12.9. The number of carbonyl (C=O) groups excluding carboxylic acids is 1. The van der Waals surface area contributed by atoms with Crippen LogP contribution in [0, 0.1) is 0 Å². The number of aryl methyl sites for hydroxylation is 2. The molecule has 9 nitrogen and oxygen atoms in total. The fourth-order valence-electron chi connectivity index (χ4n) is 3.14. The molecule has 0 saturated heterocycles. The molecule has 4 heterocycles. The lowest BCUT2D eigenvalue weighted by Gasteiger charge is -2.17. The number of nitrogen functional groups attached to an aromatic ring is 1. The summed E-state index contributed by atoms with van der Waals surface area (Å²) < 4.78 is 0. The zero-order valence-corrected chi connectivity index (χ0v) is 17.2. The summed E-state index contributed by atoms with van der Waals surface area (Å²) in [5, 5.41) is 12.0. The average molecular weight is 444 g/mol. The van der Waals surface area contributed by atoms with Gasteiger partial charge in [-0.1, -0.05) is 0 Å². The second-order valence-electron chi connectivity index (χ2n) is 6.49. The van der Waals surface area contributed by atoms with Crippen molar-refractivity contribution in [2.45, 2.75) is 12.8 Å². The van der Waals surface area contributed by atoms with Crippen LogP contribution in [0.4, 0.5) is 10.9 Å². The van der Waals surface area contributed by atoms with Gasteiger partial charge in [-0.15, -0.1) is 22.7 Å². The molecule has 4 rings (SSSR count). The van der Waals surface area contributed by atoms with Gasteiger partial charge in [-0.2, -0.15) is 4.98 Å². The van der Waals surface area contributed by atoms with E-state index in [1.165, 1.54) is 27.6 Å². The third kappa shape index (κ3) is 3.98. The van der Waals surface area contributed by atoms with Crippen LogP contribution in [0.5, 0.6) is 0 Å². The highest BCUT2D eigenvalue weighted by atomic mass is 32.1. The van der Waals surface area contributed by atoms with Crippen molar-refractivity contribution in [3.05, 3.63) is 61.5 Å². The number of rotatable bonds is 7. The maximum Gasteiger partial charge on any atom is 0.323 e. The summed E-state index contributed by atoms with van der Waals surface area (Å²) in [6.07, 6.45) is 2.93. The predicted molar refractivity (Wildman–Crippen MR) is 116 cm³/mol.